The van der Waals surface area contributed by atoms with E-state index in [2.05, 4.69) is 17.4 Å². The lowest BCUT2D eigenvalue weighted by molar-refractivity contribution is -0.116. The van der Waals surface area contributed by atoms with E-state index in [1.807, 2.05) is 24.3 Å². The second-order valence-corrected chi connectivity index (χ2v) is 7.32. The van der Waals surface area contributed by atoms with Crippen LogP contribution in [-0.4, -0.2) is 47.0 Å². The molecule has 1 amide bonds. The molecule has 160 valence electrons. The maximum atomic E-state index is 12.5. The Morgan fingerprint density at radius 1 is 0.967 bits per heavy atom. The molecular weight excluding hydrogens is 382 g/mol. The second kappa shape index (κ2) is 10.2. The largest absolute Gasteiger partial charge is 0.497 e. The number of ether oxygens (including phenoxy) is 4. The molecule has 0 radical (unpaired) electrons. The molecule has 6 nitrogen and oxygen atoms in total. The molecule has 2 aromatic rings. The predicted molar refractivity (Wildman–Crippen MR) is 116 cm³/mol. The minimum absolute atomic E-state index is 0.142. The lowest BCUT2D eigenvalue weighted by Crippen LogP contribution is -2.44. The highest BCUT2D eigenvalue weighted by Crippen LogP contribution is 2.35. The van der Waals surface area contributed by atoms with Gasteiger partial charge in [0.1, 0.15) is 17.2 Å². The van der Waals surface area contributed by atoms with Gasteiger partial charge >= 0.3 is 0 Å². The SMILES string of the molecule is COc1ccc(C2(CNC(=O)/C=C/c3cc(OC)cc(OC)c3)CCOCC2)cc1. The van der Waals surface area contributed by atoms with Crippen LogP contribution < -0.4 is 19.5 Å². The fraction of sp³-hybridized carbons (Fsp3) is 0.375. The van der Waals surface area contributed by atoms with E-state index in [9.17, 15) is 4.79 Å². The van der Waals surface area contributed by atoms with Gasteiger partial charge < -0.3 is 24.3 Å². The number of benzene rings is 2. The van der Waals surface area contributed by atoms with Crippen molar-refractivity contribution in [3.05, 3.63) is 59.7 Å². The second-order valence-electron chi connectivity index (χ2n) is 7.32. The van der Waals surface area contributed by atoms with E-state index in [1.54, 1.807) is 33.5 Å². The van der Waals surface area contributed by atoms with Crippen molar-refractivity contribution in [2.75, 3.05) is 41.1 Å². The molecule has 3 rings (SSSR count). The van der Waals surface area contributed by atoms with Crippen LogP contribution in [0.15, 0.2) is 48.5 Å². The number of rotatable bonds is 8. The van der Waals surface area contributed by atoms with Gasteiger partial charge in [0.05, 0.1) is 21.3 Å². The van der Waals surface area contributed by atoms with Gasteiger partial charge in [0, 0.05) is 37.3 Å². The number of hydrogen-bond acceptors (Lipinski definition) is 5. The molecule has 0 unspecified atom stereocenters. The molecular formula is C24H29NO5. The van der Waals surface area contributed by atoms with Crippen molar-refractivity contribution in [1.29, 1.82) is 0 Å². The Hall–Kier alpha value is -2.99. The molecule has 0 atom stereocenters. The van der Waals surface area contributed by atoms with Crippen molar-refractivity contribution in [3.63, 3.8) is 0 Å². The zero-order valence-corrected chi connectivity index (χ0v) is 17.8. The fourth-order valence-electron chi connectivity index (χ4n) is 3.69. The topological polar surface area (TPSA) is 66.0 Å². The van der Waals surface area contributed by atoms with E-state index in [1.165, 1.54) is 11.6 Å². The molecule has 1 fully saturated rings. The van der Waals surface area contributed by atoms with Crippen LogP contribution in [0.2, 0.25) is 0 Å². The van der Waals surface area contributed by atoms with Crippen molar-refractivity contribution in [2.45, 2.75) is 18.3 Å². The van der Waals surface area contributed by atoms with Gasteiger partial charge in [-0.25, -0.2) is 0 Å². The van der Waals surface area contributed by atoms with E-state index < -0.39 is 0 Å². The highest BCUT2D eigenvalue weighted by atomic mass is 16.5. The minimum atomic E-state index is -0.146. The minimum Gasteiger partial charge on any atom is -0.497 e. The first-order chi connectivity index (χ1) is 14.6. The zero-order chi connectivity index (χ0) is 21.4. The molecule has 1 heterocycles. The smallest absolute Gasteiger partial charge is 0.244 e. The van der Waals surface area contributed by atoms with Gasteiger partial charge in [0.2, 0.25) is 5.91 Å². The lowest BCUT2D eigenvalue weighted by Gasteiger charge is -2.38. The Morgan fingerprint density at radius 2 is 1.57 bits per heavy atom. The van der Waals surface area contributed by atoms with Gasteiger partial charge in [-0.05, 0) is 54.3 Å². The van der Waals surface area contributed by atoms with E-state index in [0.717, 1.165) is 24.2 Å². The summed E-state index contributed by atoms with van der Waals surface area (Å²) in [4.78, 5) is 12.5. The van der Waals surface area contributed by atoms with Crippen LogP contribution in [0, 0.1) is 0 Å². The number of amides is 1. The van der Waals surface area contributed by atoms with E-state index >= 15 is 0 Å². The summed E-state index contributed by atoms with van der Waals surface area (Å²) in [5, 5.41) is 3.07. The average Bonchev–Trinajstić information content (AvgIpc) is 2.81. The summed E-state index contributed by atoms with van der Waals surface area (Å²) in [6.45, 7) is 1.91. The van der Waals surface area contributed by atoms with E-state index in [0.29, 0.717) is 31.3 Å². The van der Waals surface area contributed by atoms with Crippen LogP contribution in [0.1, 0.15) is 24.0 Å². The van der Waals surface area contributed by atoms with Gasteiger partial charge in [0.25, 0.3) is 0 Å². The Bertz CT molecular complexity index is 847. The molecule has 0 saturated carbocycles. The van der Waals surface area contributed by atoms with Crippen molar-refractivity contribution in [2.24, 2.45) is 0 Å². The molecule has 1 N–H and O–H groups in total. The summed E-state index contributed by atoms with van der Waals surface area (Å²) in [6, 6.07) is 13.6. The molecule has 0 bridgehead atoms. The molecule has 0 aliphatic carbocycles. The maximum Gasteiger partial charge on any atom is 0.244 e. The quantitative estimate of drug-likeness (QED) is 0.673. The molecule has 0 spiro atoms. The first-order valence-corrected chi connectivity index (χ1v) is 10.00. The molecule has 1 aliphatic heterocycles. The number of carbonyl (C=O) groups excluding carboxylic acids is 1. The molecule has 2 aromatic carbocycles. The molecule has 1 aliphatic rings. The molecule has 1 saturated heterocycles. The van der Waals surface area contributed by atoms with Crippen molar-refractivity contribution in [3.8, 4) is 17.2 Å². The van der Waals surface area contributed by atoms with Crippen LogP contribution >= 0.6 is 0 Å². The summed E-state index contributed by atoms with van der Waals surface area (Å²) in [6.07, 6.45) is 5.01. The molecule has 30 heavy (non-hydrogen) atoms. The Morgan fingerprint density at radius 3 is 2.13 bits per heavy atom. The number of hydrogen-bond donors (Lipinski definition) is 1. The summed E-state index contributed by atoms with van der Waals surface area (Å²) >= 11 is 0. The zero-order valence-electron chi connectivity index (χ0n) is 17.8. The Labute approximate surface area is 177 Å². The Balaban J connectivity index is 1.69. The van der Waals surface area contributed by atoms with Crippen LogP contribution in [0.5, 0.6) is 17.2 Å². The highest BCUT2D eigenvalue weighted by molar-refractivity contribution is 5.91. The van der Waals surface area contributed by atoms with Gasteiger partial charge in [0.15, 0.2) is 0 Å². The third-order valence-electron chi connectivity index (χ3n) is 5.55. The summed E-state index contributed by atoms with van der Waals surface area (Å²) < 4.78 is 21.4. The van der Waals surface area contributed by atoms with Gasteiger partial charge in [-0.1, -0.05) is 12.1 Å². The summed E-state index contributed by atoms with van der Waals surface area (Å²) in [5.74, 6) is 2.03. The van der Waals surface area contributed by atoms with Crippen LogP contribution in [-0.2, 0) is 14.9 Å². The predicted octanol–water partition coefficient (Wildman–Crippen LogP) is 3.59. The van der Waals surface area contributed by atoms with Gasteiger partial charge in [-0.15, -0.1) is 0 Å². The van der Waals surface area contributed by atoms with Crippen LogP contribution in [0.25, 0.3) is 6.08 Å². The van der Waals surface area contributed by atoms with Gasteiger partial charge in [-0.2, -0.15) is 0 Å². The lowest BCUT2D eigenvalue weighted by atomic mass is 9.74. The monoisotopic (exact) mass is 411 g/mol. The highest BCUT2D eigenvalue weighted by Gasteiger charge is 2.34. The third kappa shape index (κ3) is 5.33. The van der Waals surface area contributed by atoms with Crippen LogP contribution in [0.3, 0.4) is 0 Å². The van der Waals surface area contributed by atoms with Crippen LogP contribution in [0.4, 0.5) is 0 Å². The first-order valence-electron chi connectivity index (χ1n) is 10.00. The van der Waals surface area contributed by atoms with E-state index in [4.69, 9.17) is 18.9 Å². The average molecular weight is 411 g/mol. The summed E-state index contributed by atoms with van der Waals surface area (Å²) in [5.41, 5.74) is 1.87. The fourth-order valence-corrected chi connectivity index (χ4v) is 3.69. The summed E-state index contributed by atoms with van der Waals surface area (Å²) in [7, 11) is 4.85. The van der Waals surface area contributed by atoms with Crippen molar-refractivity contribution in [1.82, 2.24) is 5.32 Å². The van der Waals surface area contributed by atoms with Crippen molar-refractivity contribution < 1.29 is 23.7 Å². The third-order valence-corrected chi connectivity index (χ3v) is 5.55. The van der Waals surface area contributed by atoms with E-state index in [-0.39, 0.29) is 11.3 Å². The maximum absolute atomic E-state index is 12.5. The van der Waals surface area contributed by atoms with Crippen molar-refractivity contribution >= 4 is 12.0 Å². The molecule has 0 aromatic heterocycles. The first kappa shape index (κ1) is 21.7. The number of carbonyl (C=O) groups is 1. The number of methoxy groups -OCH3 is 3. The standard InChI is InChI=1S/C24H29NO5/c1-27-20-7-5-19(6-8-20)24(10-12-30-13-11-24)17-25-23(26)9-4-18-14-21(28-2)16-22(15-18)29-3/h4-9,14-16H,10-13,17H2,1-3H3,(H,25,26)/b9-4+. The number of nitrogens with one attached hydrogen (secondary N) is 1. The Kier molecular flexibility index (Phi) is 7.36. The molecule has 6 heteroatoms. The normalized spacial score (nSPS) is 15.6. The van der Waals surface area contributed by atoms with Gasteiger partial charge in [-0.3, -0.25) is 4.79 Å².